The molecule has 0 aromatic heterocycles. The van der Waals surface area contributed by atoms with E-state index >= 15 is 0 Å². The minimum absolute atomic E-state index is 0.0548. The van der Waals surface area contributed by atoms with Crippen molar-refractivity contribution in [1.29, 1.82) is 0 Å². The highest BCUT2D eigenvalue weighted by atomic mass is 16.5. The maximum absolute atomic E-state index is 12.3. The van der Waals surface area contributed by atoms with Crippen molar-refractivity contribution in [3.63, 3.8) is 0 Å². The zero-order chi connectivity index (χ0) is 19.8. The van der Waals surface area contributed by atoms with Crippen molar-refractivity contribution in [1.82, 2.24) is 0 Å². The quantitative estimate of drug-likeness (QED) is 0.717. The van der Waals surface area contributed by atoms with Crippen molar-refractivity contribution in [3.8, 4) is 11.5 Å². The summed E-state index contributed by atoms with van der Waals surface area (Å²) in [4.78, 5) is 24.2. The molecule has 2 aromatic carbocycles. The number of ether oxygens (including phenoxy) is 3. The minimum atomic E-state index is -0.929. The van der Waals surface area contributed by atoms with E-state index in [0.717, 1.165) is 11.1 Å². The molecule has 144 valence electrons. The van der Waals surface area contributed by atoms with Crippen LogP contribution in [0.3, 0.4) is 0 Å². The van der Waals surface area contributed by atoms with Crippen molar-refractivity contribution in [3.05, 3.63) is 53.6 Å². The first-order valence-corrected chi connectivity index (χ1v) is 8.73. The average Bonchev–Trinajstić information content (AvgIpc) is 2.63. The topological polar surface area (TPSA) is 73.9 Å². The molecule has 0 heterocycles. The van der Waals surface area contributed by atoms with Gasteiger partial charge in [-0.05, 0) is 50.6 Å². The van der Waals surface area contributed by atoms with Gasteiger partial charge in [0, 0.05) is 0 Å². The van der Waals surface area contributed by atoms with Crippen LogP contribution in [-0.4, -0.2) is 31.7 Å². The van der Waals surface area contributed by atoms with Crippen molar-refractivity contribution >= 4 is 17.6 Å². The summed E-state index contributed by atoms with van der Waals surface area (Å²) in [7, 11) is 1.53. The molecule has 0 aliphatic heterocycles. The lowest BCUT2D eigenvalue weighted by atomic mass is 10.2. The fourth-order valence-corrected chi connectivity index (χ4v) is 2.35. The zero-order valence-corrected chi connectivity index (χ0v) is 16.1. The highest BCUT2D eigenvalue weighted by molar-refractivity contribution is 5.96. The van der Waals surface area contributed by atoms with Gasteiger partial charge >= 0.3 is 5.97 Å². The SMILES string of the molecule is COc1ccc(C)cc1NC(=O)[C@H](C)OC(=O)CCOc1ccc(C)cc1. The molecule has 0 saturated heterocycles. The summed E-state index contributed by atoms with van der Waals surface area (Å²) in [6, 6.07) is 13.0. The Morgan fingerprint density at radius 2 is 1.70 bits per heavy atom. The zero-order valence-electron chi connectivity index (χ0n) is 16.1. The van der Waals surface area contributed by atoms with E-state index < -0.39 is 18.0 Å². The van der Waals surface area contributed by atoms with Crippen molar-refractivity contribution < 1.29 is 23.8 Å². The largest absolute Gasteiger partial charge is 0.495 e. The summed E-state index contributed by atoms with van der Waals surface area (Å²) in [6.45, 7) is 5.60. The summed E-state index contributed by atoms with van der Waals surface area (Å²) < 4.78 is 15.9. The van der Waals surface area contributed by atoms with Gasteiger partial charge in [0.05, 0.1) is 25.8 Å². The van der Waals surface area contributed by atoms with E-state index in [1.807, 2.05) is 44.2 Å². The third kappa shape index (κ3) is 6.33. The number of rotatable bonds is 8. The minimum Gasteiger partial charge on any atom is -0.495 e. The van der Waals surface area contributed by atoms with E-state index in [-0.39, 0.29) is 13.0 Å². The number of nitrogens with one attached hydrogen (secondary N) is 1. The lowest BCUT2D eigenvalue weighted by molar-refractivity contribution is -0.153. The highest BCUT2D eigenvalue weighted by Gasteiger charge is 2.19. The number of hydrogen-bond donors (Lipinski definition) is 1. The summed E-state index contributed by atoms with van der Waals surface area (Å²) in [5, 5.41) is 2.72. The smallest absolute Gasteiger partial charge is 0.310 e. The Bertz CT molecular complexity index is 786. The molecule has 2 aromatic rings. The van der Waals surface area contributed by atoms with E-state index in [0.29, 0.717) is 17.2 Å². The molecular formula is C21H25NO5. The number of carbonyl (C=O) groups is 2. The predicted molar refractivity (Wildman–Crippen MR) is 103 cm³/mol. The van der Waals surface area contributed by atoms with Crippen LogP contribution >= 0.6 is 0 Å². The van der Waals surface area contributed by atoms with Crippen LogP contribution in [0, 0.1) is 13.8 Å². The molecule has 0 bridgehead atoms. The molecule has 0 aliphatic carbocycles. The Kier molecular flexibility index (Phi) is 7.23. The lowest BCUT2D eigenvalue weighted by Gasteiger charge is -2.15. The maximum atomic E-state index is 12.3. The van der Waals surface area contributed by atoms with Gasteiger partial charge in [-0.3, -0.25) is 9.59 Å². The van der Waals surface area contributed by atoms with Crippen LogP contribution in [0.1, 0.15) is 24.5 Å². The molecule has 1 amide bonds. The molecule has 1 atom stereocenters. The second kappa shape index (κ2) is 9.62. The van der Waals surface area contributed by atoms with E-state index in [1.54, 1.807) is 12.1 Å². The Balaban J connectivity index is 1.80. The van der Waals surface area contributed by atoms with Crippen molar-refractivity contribution in [2.45, 2.75) is 33.3 Å². The lowest BCUT2D eigenvalue weighted by Crippen LogP contribution is -2.30. The molecule has 0 saturated carbocycles. The van der Waals surface area contributed by atoms with E-state index in [9.17, 15) is 9.59 Å². The van der Waals surface area contributed by atoms with Crippen LogP contribution < -0.4 is 14.8 Å². The summed E-state index contributed by atoms with van der Waals surface area (Å²) in [5.41, 5.74) is 2.64. The van der Waals surface area contributed by atoms with E-state index in [2.05, 4.69) is 5.32 Å². The molecular weight excluding hydrogens is 346 g/mol. The van der Waals surface area contributed by atoms with Gasteiger partial charge in [-0.15, -0.1) is 0 Å². The first kappa shape index (κ1) is 20.3. The third-order valence-corrected chi connectivity index (χ3v) is 3.89. The Morgan fingerprint density at radius 3 is 2.37 bits per heavy atom. The van der Waals surface area contributed by atoms with Gasteiger partial charge < -0.3 is 19.5 Å². The standard InChI is InChI=1S/C21H25NO5/c1-14-5-8-17(9-6-14)26-12-11-20(23)27-16(3)21(24)22-18-13-15(2)7-10-19(18)25-4/h5-10,13,16H,11-12H2,1-4H3,(H,22,24)/t16-/m0/s1. The maximum Gasteiger partial charge on any atom is 0.310 e. The van der Waals surface area contributed by atoms with Crippen LogP contribution in [0.25, 0.3) is 0 Å². The molecule has 27 heavy (non-hydrogen) atoms. The van der Waals surface area contributed by atoms with Gasteiger partial charge in [0.15, 0.2) is 6.10 Å². The van der Waals surface area contributed by atoms with Gasteiger partial charge in [0.2, 0.25) is 0 Å². The van der Waals surface area contributed by atoms with Crippen LogP contribution in [0.5, 0.6) is 11.5 Å². The highest BCUT2D eigenvalue weighted by Crippen LogP contribution is 2.25. The first-order chi connectivity index (χ1) is 12.9. The van der Waals surface area contributed by atoms with Crippen LogP contribution in [0.15, 0.2) is 42.5 Å². The van der Waals surface area contributed by atoms with E-state index in [4.69, 9.17) is 14.2 Å². The average molecular weight is 371 g/mol. The Hall–Kier alpha value is -3.02. The number of aryl methyl sites for hydroxylation is 2. The van der Waals surface area contributed by atoms with Gasteiger partial charge in [-0.25, -0.2) is 0 Å². The van der Waals surface area contributed by atoms with Gasteiger partial charge in [0.25, 0.3) is 5.91 Å². The summed E-state index contributed by atoms with van der Waals surface area (Å²) >= 11 is 0. The van der Waals surface area contributed by atoms with Gasteiger partial charge in [-0.2, -0.15) is 0 Å². The molecule has 1 N–H and O–H groups in total. The van der Waals surface area contributed by atoms with Crippen LogP contribution in [0.4, 0.5) is 5.69 Å². The second-order valence-electron chi connectivity index (χ2n) is 6.24. The number of amides is 1. The number of carbonyl (C=O) groups excluding carboxylic acids is 2. The normalized spacial score (nSPS) is 11.4. The molecule has 0 aliphatic rings. The monoisotopic (exact) mass is 371 g/mol. The van der Waals surface area contributed by atoms with E-state index in [1.165, 1.54) is 14.0 Å². The number of methoxy groups -OCH3 is 1. The molecule has 2 rings (SSSR count). The van der Waals surface area contributed by atoms with Gasteiger partial charge in [-0.1, -0.05) is 23.8 Å². The van der Waals surface area contributed by atoms with Crippen molar-refractivity contribution in [2.24, 2.45) is 0 Å². The Labute approximate surface area is 159 Å². The fraction of sp³-hybridized carbons (Fsp3) is 0.333. The summed E-state index contributed by atoms with van der Waals surface area (Å²) in [5.74, 6) is 0.303. The Morgan fingerprint density at radius 1 is 1.04 bits per heavy atom. The molecule has 6 nitrogen and oxygen atoms in total. The second-order valence-corrected chi connectivity index (χ2v) is 6.24. The number of hydrogen-bond acceptors (Lipinski definition) is 5. The number of esters is 1. The fourth-order valence-electron chi connectivity index (χ4n) is 2.35. The molecule has 0 unspecified atom stereocenters. The first-order valence-electron chi connectivity index (χ1n) is 8.73. The molecule has 0 radical (unpaired) electrons. The summed E-state index contributed by atoms with van der Waals surface area (Å²) in [6.07, 6.45) is -0.874. The van der Waals surface area contributed by atoms with Crippen LogP contribution in [-0.2, 0) is 14.3 Å². The van der Waals surface area contributed by atoms with Crippen LogP contribution in [0.2, 0.25) is 0 Å². The van der Waals surface area contributed by atoms with Gasteiger partial charge in [0.1, 0.15) is 11.5 Å². The number of anilines is 1. The molecule has 6 heteroatoms. The molecule has 0 spiro atoms. The molecule has 0 fully saturated rings. The predicted octanol–water partition coefficient (Wildman–Crippen LogP) is 3.65. The number of benzene rings is 2. The third-order valence-electron chi connectivity index (χ3n) is 3.89. The van der Waals surface area contributed by atoms with Crippen molar-refractivity contribution in [2.75, 3.05) is 19.0 Å².